The number of hydrogen-bond acceptors (Lipinski definition) is 4. The molecule has 7 heteroatoms. The van der Waals surface area contributed by atoms with Gasteiger partial charge in [0, 0.05) is 36.8 Å². The summed E-state index contributed by atoms with van der Waals surface area (Å²) in [5, 5.41) is 3.44. The summed E-state index contributed by atoms with van der Waals surface area (Å²) in [5.74, 6) is 1.35. The van der Waals surface area contributed by atoms with Gasteiger partial charge in [0.2, 0.25) is 11.8 Å². The molecule has 30 heavy (non-hydrogen) atoms. The maximum absolute atomic E-state index is 12.5. The minimum atomic E-state index is -0.0325. The number of carbonyl (C=O) groups is 2. The van der Waals surface area contributed by atoms with Crippen LogP contribution in [0.5, 0.6) is 5.75 Å². The van der Waals surface area contributed by atoms with Crippen LogP contribution in [0.4, 0.5) is 5.82 Å². The Balaban J connectivity index is 1.29. The van der Waals surface area contributed by atoms with Crippen LogP contribution in [0, 0.1) is 0 Å². The zero-order chi connectivity index (χ0) is 20.9. The van der Waals surface area contributed by atoms with Gasteiger partial charge in [0.15, 0.2) is 0 Å². The van der Waals surface area contributed by atoms with E-state index in [4.69, 9.17) is 16.3 Å². The second kappa shape index (κ2) is 9.13. The second-order valence-corrected chi connectivity index (χ2v) is 7.73. The van der Waals surface area contributed by atoms with Gasteiger partial charge in [-0.15, -0.1) is 0 Å². The lowest BCUT2D eigenvalue weighted by Crippen LogP contribution is -2.34. The maximum atomic E-state index is 12.5. The van der Waals surface area contributed by atoms with E-state index >= 15 is 0 Å². The zero-order valence-corrected chi connectivity index (χ0v) is 17.2. The van der Waals surface area contributed by atoms with E-state index in [1.54, 1.807) is 35.4 Å². The fourth-order valence-electron chi connectivity index (χ4n) is 3.39. The number of hydrogen-bond donors (Lipinski definition) is 1. The summed E-state index contributed by atoms with van der Waals surface area (Å²) in [4.78, 5) is 30.0. The number of anilines is 1. The van der Waals surface area contributed by atoms with Crippen LogP contribution in [-0.2, 0) is 16.0 Å². The average Bonchev–Trinajstić information content (AvgIpc) is 2.77. The van der Waals surface area contributed by atoms with E-state index in [0.717, 1.165) is 23.3 Å². The first kappa shape index (κ1) is 20.2. The molecule has 0 atom stereocenters. The van der Waals surface area contributed by atoms with Crippen LogP contribution in [-0.4, -0.2) is 41.4 Å². The van der Waals surface area contributed by atoms with Crippen molar-refractivity contribution in [2.24, 2.45) is 0 Å². The lowest BCUT2D eigenvalue weighted by atomic mass is 10.0. The number of carbonyl (C=O) groups excluding carboxylic acids is 2. The number of nitrogens with zero attached hydrogens (tertiary/aromatic N) is 2. The normalized spacial score (nSPS) is 16.1. The van der Waals surface area contributed by atoms with Gasteiger partial charge in [-0.1, -0.05) is 17.7 Å². The van der Waals surface area contributed by atoms with E-state index in [1.165, 1.54) is 5.57 Å². The van der Waals surface area contributed by atoms with Crippen LogP contribution in [0.25, 0.3) is 6.08 Å². The third-order valence-corrected chi connectivity index (χ3v) is 5.39. The van der Waals surface area contributed by atoms with Crippen LogP contribution < -0.4 is 10.1 Å². The summed E-state index contributed by atoms with van der Waals surface area (Å²) in [6.07, 6.45) is 8.98. The average molecular weight is 424 g/mol. The van der Waals surface area contributed by atoms with Gasteiger partial charge >= 0.3 is 0 Å². The Morgan fingerprint density at radius 3 is 2.83 bits per heavy atom. The molecule has 1 N–H and O–H groups in total. The topological polar surface area (TPSA) is 71.5 Å². The number of ether oxygens (including phenoxy) is 1. The summed E-state index contributed by atoms with van der Waals surface area (Å²) in [5.41, 5.74) is 3.03. The highest BCUT2D eigenvalue weighted by atomic mass is 35.5. The minimum absolute atomic E-state index is 0.00967. The van der Waals surface area contributed by atoms with Gasteiger partial charge in [-0.3, -0.25) is 9.59 Å². The highest BCUT2D eigenvalue weighted by Gasteiger charge is 2.17. The molecule has 0 radical (unpaired) electrons. The molecule has 154 valence electrons. The number of pyridine rings is 1. The van der Waals surface area contributed by atoms with Crippen LogP contribution in [0.15, 0.2) is 54.3 Å². The summed E-state index contributed by atoms with van der Waals surface area (Å²) in [6, 6.07) is 9.25. The zero-order valence-electron chi connectivity index (χ0n) is 16.4. The molecule has 2 amide bonds. The monoisotopic (exact) mass is 423 g/mol. The largest absolute Gasteiger partial charge is 0.489 e. The molecule has 0 fully saturated rings. The Kier molecular flexibility index (Phi) is 6.14. The van der Waals surface area contributed by atoms with E-state index in [2.05, 4.69) is 10.3 Å². The van der Waals surface area contributed by atoms with Gasteiger partial charge in [-0.05, 0) is 65.9 Å². The third kappa shape index (κ3) is 5.07. The van der Waals surface area contributed by atoms with E-state index in [1.807, 2.05) is 24.3 Å². The first-order valence-corrected chi connectivity index (χ1v) is 10.3. The van der Waals surface area contributed by atoms with Gasteiger partial charge in [0.05, 0.1) is 0 Å². The number of amides is 2. The van der Waals surface area contributed by atoms with E-state index in [-0.39, 0.29) is 11.8 Å². The van der Waals surface area contributed by atoms with Crippen molar-refractivity contribution in [2.75, 3.05) is 25.0 Å². The van der Waals surface area contributed by atoms with Gasteiger partial charge in [-0.2, -0.15) is 0 Å². The van der Waals surface area contributed by atoms with Crippen molar-refractivity contribution in [1.29, 1.82) is 0 Å². The lowest BCUT2D eigenvalue weighted by Gasteiger charge is -2.25. The summed E-state index contributed by atoms with van der Waals surface area (Å²) < 4.78 is 5.78. The Morgan fingerprint density at radius 2 is 2.07 bits per heavy atom. The Bertz CT molecular complexity index is 1010. The van der Waals surface area contributed by atoms with Crippen molar-refractivity contribution in [3.05, 3.63) is 70.4 Å². The van der Waals surface area contributed by atoms with E-state index in [0.29, 0.717) is 43.4 Å². The lowest BCUT2D eigenvalue weighted by molar-refractivity contribution is -0.125. The molecule has 0 bridgehead atoms. The highest BCUT2D eigenvalue weighted by Crippen LogP contribution is 2.22. The molecule has 6 nitrogen and oxygen atoms in total. The van der Waals surface area contributed by atoms with Crippen LogP contribution in [0.2, 0.25) is 5.02 Å². The summed E-state index contributed by atoms with van der Waals surface area (Å²) in [6.45, 7) is 1.74. The fourth-order valence-corrected chi connectivity index (χ4v) is 3.51. The van der Waals surface area contributed by atoms with Crippen molar-refractivity contribution >= 4 is 35.3 Å². The van der Waals surface area contributed by atoms with Crippen molar-refractivity contribution in [3.63, 3.8) is 0 Å². The Labute approximate surface area is 180 Å². The minimum Gasteiger partial charge on any atom is -0.489 e. The highest BCUT2D eigenvalue weighted by molar-refractivity contribution is 6.30. The standard InChI is InChI=1S/C23H22ClN3O3/c24-19-3-5-20(6-4-19)30-15-16-9-11-27(12-10-16)22(29)8-1-17-13-18-2-7-21(28)26-23(18)25-14-17/h1,3-6,8-9,13-14H,2,7,10-12,15H2,(H,25,26,28)/b8-1+. The molecule has 2 aliphatic heterocycles. The predicted molar refractivity (Wildman–Crippen MR) is 116 cm³/mol. The molecule has 2 aliphatic rings. The van der Waals surface area contributed by atoms with Gasteiger partial charge < -0.3 is 15.0 Å². The number of rotatable bonds is 5. The molecule has 0 spiro atoms. The smallest absolute Gasteiger partial charge is 0.246 e. The number of fused-ring (bicyclic) bond motifs is 1. The Morgan fingerprint density at radius 1 is 1.23 bits per heavy atom. The Hall–Kier alpha value is -3.12. The van der Waals surface area contributed by atoms with Crippen LogP contribution >= 0.6 is 11.6 Å². The first-order valence-electron chi connectivity index (χ1n) is 9.89. The molecule has 4 rings (SSSR count). The quantitative estimate of drug-likeness (QED) is 0.585. The fraction of sp³-hybridized carbons (Fsp3) is 0.261. The van der Waals surface area contributed by atoms with E-state index < -0.39 is 0 Å². The molecule has 0 aliphatic carbocycles. The SMILES string of the molecule is O=C1CCc2cc(/C=C/C(=O)N3CC=C(COc4ccc(Cl)cc4)CC3)cnc2N1. The van der Waals surface area contributed by atoms with E-state index in [9.17, 15) is 9.59 Å². The van der Waals surface area contributed by atoms with Gasteiger partial charge in [0.25, 0.3) is 0 Å². The molecular formula is C23H22ClN3O3. The van der Waals surface area contributed by atoms with Crippen molar-refractivity contribution in [2.45, 2.75) is 19.3 Å². The molecule has 1 aromatic heterocycles. The van der Waals surface area contributed by atoms with Crippen molar-refractivity contribution in [1.82, 2.24) is 9.88 Å². The maximum Gasteiger partial charge on any atom is 0.246 e. The van der Waals surface area contributed by atoms with Crippen molar-refractivity contribution < 1.29 is 14.3 Å². The molecule has 0 unspecified atom stereocenters. The van der Waals surface area contributed by atoms with Gasteiger partial charge in [-0.25, -0.2) is 4.98 Å². The van der Waals surface area contributed by atoms with Crippen LogP contribution in [0.1, 0.15) is 24.0 Å². The third-order valence-electron chi connectivity index (χ3n) is 5.14. The molecule has 2 aromatic rings. The van der Waals surface area contributed by atoms with Crippen LogP contribution in [0.3, 0.4) is 0 Å². The molecule has 3 heterocycles. The number of halogens is 1. The number of nitrogens with one attached hydrogen (secondary N) is 1. The summed E-state index contributed by atoms with van der Waals surface area (Å²) in [7, 11) is 0. The number of aryl methyl sites for hydroxylation is 1. The number of benzene rings is 1. The van der Waals surface area contributed by atoms with Gasteiger partial charge in [0.1, 0.15) is 18.2 Å². The molecular weight excluding hydrogens is 402 g/mol. The van der Waals surface area contributed by atoms with Crippen molar-refractivity contribution in [3.8, 4) is 5.75 Å². The number of aromatic nitrogens is 1. The second-order valence-electron chi connectivity index (χ2n) is 7.30. The first-order chi connectivity index (χ1) is 14.6. The predicted octanol–water partition coefficient (Wildman–Crippen LogP) is 3.87. The summed E-state index contributed by atoms with van der Waals surface area (Å²) >= 11 is 5.88. The molecule has 0 saturated heterocycles. The molecule has 1 aromatic carbocycles. The molecule has 0 saturated carbocycles.